The summed E-state index contributed by atoms with van der Waals surface area (Å²) in [6.07, 6.45) is 0. The second-order valence-electron chi connectivity index (χ2n) is 3.36. The summed E-state index contributed by atoms with van der Waals surface area (Å²) >= 11 is 12.7. The Hall–Kier alpha value is -0.710. The second-order valence-corrected chi connectivity index (χ2v) is 5.57. The normalized spacial score (nSPS) is 10.3. The van der Waals surface area contributed by atoms with Gasteiger partial charge in [0, 0.05) is 15.6 Å². The van der Waals surface area contributed by atoms with Crippen LogP contribution in [-0.4, -0.2) is 0 Å². The van der Waals surface area contributed by atoms with Crippen LogP contribution in [0.15, 0.2) is 45.3 Å². The molecule has 0 aromatic heterocycles. The lowest BCUT2D eigenvalue weighted by atomic mass is 10.3. The van der Waals surface area contributed by atoms with Gasteiger partial charge in [-0.2, -0.15) is 0 Å². The van der Waals surface area contributed by atoms with Gasteiger partial charge in [-0.1, -0.05) is 27.5 Å². The van der Waals surface area contributed by atoms with Crippen molar-refractivity contribution < 1.29 is 4.74 Å². The molecule has 0 spiro atoms. The van der Waals surface area contributed by atoms with Gasteiger partial charge in [0.15, 0.2) is 5.75 Å². The van der Waals surface area contributed by atoms with E-state index in [1.54, 1.807) is 18.2 Å². The van der Waals surface area contributed by atoms with Gasteiger partial charge in [-0.05, 0) is 46.3 Å². The molecule has 0 saturated heterocycles. The average Bonchev–Trinajstić information content (AvgIpc) is 2.27. The van der Waals surface area contributed by atoms with Gasteiger partial charge in [-0.3, -0.25) is 0 Å². The molecule has 2 nitrogen and oxygen atoms in total. The Morgan fingerprint density at radius 3 is 2.47 bits per heavy atom. The van der Waals surface area contributed by atoms with E-state index in [1.165, 1.54) is 0 Å². The van der Waals surface area contributed by atoms with Crippen LogP contribution in [0.5, 0.6) is 11.5 Å². The van der Waals surface area contributed by atoms with Crippen molar-refractivity contribution in [3.63, 3.8) is 0 Å². The van der Waals surface area contributed by atoms with Gasteiger partial charge in [0.1, 0.15) is 5.75 Å². The molecule has 0 aliphatic heterocycles. The highest BCUT2D eigenvalue weighted by molar-refractivity contribution is 9.11. The summed E-state index contributed by atoms with van der Waals surface area (Å²) in [5.74, 6) is 1.22. The number of ether oxygens (including phenoxy) is 1. The van der Waals surface area contributed by atoms with Gasteiger partial charge in [-0.15, -0.1) is 0 Å². The molecule has 2 aromatic carbocycles. The number of rotatable bonds is 2. The average molecular weight is 377 g/mol. The first-order chi connectivity index (χ1) is 8.06. The monoisotopic (exact) mass is 375 g/mol. The molecule has 0 amide bonds. The number of nitrogens with two attached hydrogens (primary N) is 1. The van der Waals surface area contributed by atoms with Crippen molar-refractivity contribution in [2.75, 3.05) is 5.73 Å². The van der Waals surface area contributed by atoms with Crippen LogP contribution in [0.3, 0.4) is 0 Å². The minimum atomic E-state index is 0.542. The zero-order valence-electron chi connectivity index (χ0n) is 8.58. The number of anilines is 1. The highest BCUT2D eigenvalue weighted by Gasteiger charge is 2.06. The Kier molecular flexibility index (Phi) is 3.97. The van der Waals surface area contributed by atoms with E-state index in [9.17, 15) is 0 Å². The van der Waals surface area contributed by atoms with Crippen LogP contribution < -0.4 is 10.5 Å². The highest BCUT2D eigenvalue weighted by Crippen LogP contribution is 2.35. The third kappa shape index (κ3) is 3.15. The molecule has 0 heterocycles. The van der Waals surface area contributed by atoms with Crippen LogP contribution in [0.1, 0.15) is 0 Å². The molecule has 0 atom stereocenters. The fraction of sp³-hybridized carbons (Fsp3) is 0. The molecule has 5 heteroatoms. The van der Waals surface area contributed by atoms with E-state index in [2.05, 4.69) is 31.9 Å². The molecular formula is C12H8Br2ClNO. The topological polar surface area (TPSA) is 35.2 Å². The maximum absolute atomic E-state index is 5.89. The highest BCUT2D eigenvalue weighted by atomic mass is 79.9. The first-order valence-electron chi connectivity index (χ1n) is 4.74. The van der Waals surface area contributed by atoms with Gasteiger partial charge >= 0.3 is 0 Å². The molecule has 0 radical (unpaired) electrons. The fourth-order valence-electron chi connectivity index (χ4n) is 1.27. The lowest BCUT2D eigenvalue weighted by Gasteiger charge is -2.10. The molecule has 88 valence electrons. The molecule has 0 bridgehead atoms. The Bertz CT molecular complexity index is 560. The largest absolute Gasteiger partial charge is 0.454 e. The fourth-order valence-corrected chi connectivity index (χ4v) is 2.56. The number of benzene rings is 2. The molecule has 0 aliphatic rings. The number of hydrogen-bond donors (Lipinski definition) is 1. The Morgan fingerprint density at radius 1 is 1.00 bits per heavy atom. The van der Waals surface area contributed by atoms with E-state index in [0.29, 0.717) is 22.2 Å². The molecule has 2 aromatic rings. The number of halogens is 3. The third-order valence-electron chi connectivity index (χ3n) is 2.09. The van der Waals surface area contributed by atoms with Crippen LogP contribution in [0.2, 0.25) is 5.02 Å². The molecule has 0 fully saturated rings. The van der Waals surface area contributed by atoms with Crippen molar-refractivity contribution in [1.82, 2.24) is 0 Å². The first kappa shape index (κ1) is 12.7. The van der Waals surface area contributed by atoms with Gasteiger partial charge in [-0.25, -0.2) is 0 Å². The molecule has 0 unspecified atom stereocenters. The van der Waals surface area contributed by atoms with Gasteiger partial charge in [0.2, 0.25) is 0 Å². The van der Waals surface area contributed by atoms with Crippen LogP contribution in [0.25, 0.3) is 0 Å². The minimum absolute atomic E-state index is 0.542. The summed E-state index contributed by atoms with van der Waals surface area (Å²) < 4.78 is 7.51. The van der Waals surface area contributed by atoms with Crippen LogP contribution in [0.4, 0.5) is 5.69 Å². The second kappa shape index (κ2) is 5.29. The van der Waals surface area contributed by atoms with Crippen molar-refractivity contribution in [3.8, 4) is 11.5 Å². The smallest absolute Gasteiger partial charge is 0.151 e. The molecule has 2 N–H and O–H groups in total. The maximum atomic E-state index is 5.89. The Morgan fingerprint density at radius 2 is 1.76 bits per heavy atom. The molecule has 2 rings (SSSR count). The predicted molar refractivity (Wildman–Crippen MR) is 77.8 cm³/mol. The van der Waals surface area contributed by atoms with Crippen molar-refractivity contribution in [3.05, 3.63) is 50.4 Å². The Balaban J connectivity index is 2.34. The first-order valence-corrected chi connectivity index (χ1v) is 6.70. The van der Waals surface area contributed by atoms with Crippen LogP contribution >= 0.6 is 43.5 Å². The van der Waals surface area contributed by atoms with Crippen molar-refractivity contribution in [2.45, 2.75) is 0 Å². The van der Waals surface area contributed by atoms with Crippen LogP contribution in [-0.2, 0) is 0 Å². The molecule has 17 heavy (non-hydrogen) atoms. The summed E-state index contributed by atoms with van der Waals surface area (Å²) in [5.41, 5.74) is 6.35. The summed E-state index contributed by atoms with van der Waals surface area (Å²) in [7, 11) is 0. The summed E-state index contributed by atoms with van der Waals surface area (Å²) in [4.78, 5) is 0. The number of nitrogen functional groups attached to an aromatic ring is 1. The minimum Gasteiger partial charge on any atom is -0.454 e. The van der Waals surface area contributed by atoms with E-state index < -0.39 is 0 Å². The predicted octanol–water partition coefficient (Wildman–Crippen LogP) is 5.24. The van der Waals surface area contributed by atoms with Crippen molar-refractivity contribution in [1.29, 1.82) is 0 Å². The van der Waals surface area contributed by atoms with Crippen molar-refractivity contribution >= 4 is 49.1 Å². The standard InChI is InChI=1S/C12H8Br2ClNO/c13-7-1-4-11(9(14)5-7)17-12-6-8(15)2-3-10(12)16/h1-6H,16H2. The van der Waals surface area contributed by atoms with Gasteiger partial charge in [0.05, 0.1) is 10.2 Å². The van der Waals surface area contributed by atoms with Gasteiger partial charge in [0.25, 0.3) is 0 Å². The van der Waals surface area contributed by atoms with E-state index >= 15 is 0 Å². The summed E-state index contributed by atoms with van der Waals surface area (Å²) in [6.45, 7) is 0. The molecular weight excluding hydrogens is 369 g/mol. The lowest BCUT2D eigenvalue weighted by molar-refractivity contribution is 0.482. The zero-order valence-corrected chi connectivity index (χ0v) is 12.5. The zero-order chi connectivity index (χ0) is 12.4. The quantitative estimate of drug-likeness (QED) is 0.727. The van der Waals surface area contributed by atoms with E-state index in [-0.39, 0.29) is 0 Å². The van der Waals surface area contributed by atoms with Gasteiger partial charge < -0.3 is 10.5 Å². The Labute approximate surface area is 121 Å². The lowest BCUT2D eigenvalue weighted by Crippen LogP contribution is -1.92. The van der Waals surface area contributed by atoms with E-state index in [4.69, 9.17) is 22.1 Å². The third-order valence-corrected chi connectivity index (χ3v) is 3.44. The summed E-state index contributed by atoms with van der Waals surface area (Å²) in [6, 6.07) is 10.8. The van der Waals surface area contributed by atoms with E-state index in [1.807, 2.05) is 18.2 Å². The van der Waals surface area contributed by atoms with Crippen LogP contribution in [0, 0.1) is 0 Å². The number of hydrogen-bond acceptors (Lipinski definition) is 2. The van der Waals surface area contributed by atoms with E-state index in [0.717, 1.165) is 8.95 Å². The molecule has 0 aliphatic carbocycles. The SMILES string of the molecule is Nc1ccc(Cl)cc1Oc1ccc(Br)cc1Br. The summed E-state index contributed by atoms with van der Waals surface area (Å²) in [5, 5.41) is 0.586. The van der Waals surface area contributed by atoms with Crippen molar-refractivity contribution in [2.24, 2.45) is 0 Å². The molecule has 0 saturated carbocycles. The maximum Gasteiger partial charge on any atom is 0.151 e.